The fraction of sp³-hybridized carbons (Fsp3) is 0. The predicted octanol–water partition coefficient (Wildman–Crippen LogP) is 2.99. The van der Waals surface area contributed by atoms with Gasteiger partial charge in [-0.05, 0) is 30.0 Å². The Morgan fingerprint density at radius 3 is 2.86 bits per heavy atom. The molecule has 0 unspecified atom stereocenters. The monoisotopic (exact) mass is 295 g/mol. The number of rotatable bonds is 2. The Bertz CT molecular complexity index is 1010. The van der Waals surface area contributed by atoms with Gasteiger partial charge in [0, 0.05) is 22.5 Å². The van der Waals surface area contributed by atoms with Crippen molar-refractivity contribution >= 4 is 28.4 Å². The third-order valence-corrected chi connectivity index (χ3v) is 4.11. The molecule has 0 aliphatic rings. The first-order valence-corrected chi connectivity index (χ1v) is 7.13. The Morgan fingerprint density at radius 1 is 1.05 bits per heavy atom. The van der Waals surface area contributed by atoms with E-state index >= 15 is 0 Å². The lowest BCUT2D eigenvalue weighted by molar-refractivity contribution is 0.557. The largest absolute Gasteiger partial charge is 0.423 e. The molecule has 6 heteroatoms. The number of nitrogens with zero attached hydrogens (tertiary/aromatic N) is 3. The van der Waals surface area contributed by atoms with E-state index in [2.05, 4.69) is 10.2 Å². The number of para-hydroxylation sites is 1. The lowest BCUT2D eigenvalue weighted by Crippen LogP contribution is -1.97. The highest BCUT2D eigenvalue weighted by atomic mass is 32.2. The van der Waals surface area contributed by atoms with Gasteiger partial charge in [-0.3, -0.25) is 4.40 Å². The molecule has 1 aromatic carbocycles. The summed E-state index contributed by atoms with van der Waals surface area (Å²) in [7, 11) is 0. The van der Waals surface area contributed by atoms with E-state index < -0.39 is 0 Å². The highest BCUT2D eigenvalue weighted by Crippen LogP contribution is 2.31. The minimum atomic E-state index is -0.370. The number of hydrogen-bond acceptors (Lipinski definition) is 5. The fourth-order valence-electron chi connectivity index (χ4n) is 2.15. The number of aromatic nitrogens is 3. The van der Waals surface area contributed by atoms with E-state index in [1.807, 2.05) is 47.0 Å². The first kappa shape index (κ1) is 12.2. The molecular formula is C15H9N3O2S. The summed E-state index contributed by atoms with van der Waals surface area (Å²) < 4.78 is 7.08. The molecule has 4 aromatic rings. The predicted molar refractivity (Wildman–Crippen MR) is 79.6 cm³/mol. The number of fused-ring (bicyclic) bond motifs is 2. The van der Waals surface area contributed by atoms with E-state index in [0.29, 0.717) is 10.7 Å². The summed E-state index contributed by atoms with van der Waals surface area (Å²) in [6.45, 7) is 0. The van der Waals surface area contributed by atoms with Gasteiger partial charge in [-0.1, -0.05) is 24.3 Å². The lowest BCUT2D eigenvalue weighted by atomic mass is 10.2. The van der Waals surface area contributed by atoms with Crippen molar-refractivity contribution < 1.29 is 4.42 Å². The Balaban J connectivity index is 1.89. The zero-order valence-corrected chi connectivity index (χ0v) is 11.6. The van der Waals surface area contributed by atoms with E-state index in [-0.39, 0.29) is 5.63 Å². The van der Waals surface area contributed by atoms with E-state index in [1.165, 1.54) is 17.8 Å². The summed E-state index contributed by atoms with van der Waals surface area (Å²) in [4.78, 5) is 12.5. The van der Waals surface area contributed by atoms with Gasteiger partial charge in [0.1, 0.15) is 5.58 Å². The first-order valence-electron chi connectivity index (χ1n) is 6.32. The van der Waals surface area contributed by atoms with Gasteiger partial charge in [-0.15, -0.1) is 10.2 Å². The maximum absolute atomic E-state index is 11.7. The molecule has 0 aliphatic heterocycles. The molecule has 4 rings (SSSR count). The molecule has 3 heterocycles. The first-order chi connectivity index (χ1) is 10.3. The van der Waals surface area contributed by atoms with Crippen LogP contribution in [0.15, 0.2) is 74.0 Å². The molecular weight excluding hydrogens is 286 g/mol. The van der Waals surface area contributed by atoms with Crippen LogP contribution >= 0.6 is 11.8 Å². The van der Waals surface area contributed by atoms with Crippen LogP contribution in [0.3, 0.4) is 0 Å². The van der Waals surface area contributed by atoms with E-state index in [0.717, 1.165) is 15.9 Å². The Labute approximate surface area is 123 Å². The minimum Gasteiger partial charge on any atom is -0.423 e. The van der Waals surface area contributed by atoms with Crippen LogP contribution in [0.25, 0.3) is 16.6 Å². The number of hydrogen-bond donors (Lipinski definition) is 0. The summed E-state index contributed by atoms with van der Waals surface area (Å²) in [5.41, 5.74) is 0.971. The Kier molecular flexibility index (Phi) is 2.75. The van der Waals surface area contributed by atoms with E-state index in [1.54, 1.807) is 6.07 Å². The third-order valence-electron chi connectivity index (χ3n) is 3.10. The molecule has 5 nitrogen and oxygen atoms in total. The lowest BCUT2D eigenvalue weighted by Gasteiger charge is -2.03. The van der Waals surface area contributed by atoms with Gasteiger partial charge in [-0.25, -0.2) is 4.79 Å². The normalized spacial score (nSPS) is 11.2. The highest BCUT2D eigenvalue weighted by molar-refractivity contribution is 7.99. The van der Waals surface area contributed by atoms with Crippen molar-refractivity contribution in [2.45, 2.75) is 10.1 Å². The topological polar surface area (TPSA) is 60.4 Å². The van der Waals surface area contributed by atoms with Gasteiger partial charge in [0.05, 0.1) is 0 Å². The minimum absolute atomic E-state index is 0.370. The molecule has 0 radical (unpaired) electrons. The maximum Gasteiger partial charge on any atom is 0.337 e. The highest BCUT2D eigenvalue weighted by Gasteiger charge is 2.11. The van der Waals surface area contributed by atoms with Crippen LogP contribution in [0.2, 0.25) is 0 Å². The molecule has 3 aromatic heterocycles. The Morgan fingerprint density at radius 2 is 1.90 bits per heavy atom. The summed E-state index contributed by atoms with van der Waals surface area (Å²) in [5.74, 6) is 0. The van der Waals surface area contributed by atoms with Crippen LogP contribution in [0.4, 0.5) is 0 Å². The molecule has 102 valence electrons. The van der Waals surface area contributed by atoms with Crippen molar-refractivity contribution in [1.29, 1.82) is 0 Å². The maximum atomic E-state index is 11.7. The standard InChI is InChI=1S/C15H9N3O2S/c19-14-9-12(10-5-1-2-6-11(10)20-14)21-15-17-16-13-7-3-4-8-18(13)15/h1-9H. The molecule has 0 amide bonds. The zero-order chi connectivity index (χ0) is 14.2. The zero-order valence-electron chi connectivity index (χ0n) is 10.8. The van der Waals surface area contributed by atoms with Crippen molar-refractivity contribution in [2.24, 2.45) is 0 Å². The molecule has 0 fully saturated rings. The van der Waals surface area contributed by atoms with E-state index in [4.69, 9.17) is 4.42 Å². The van der Waals surface area contributed by atoms with Gasteiger partial charge in [0.25, 0.3) is 0 Å². The molecule has 21 heavy (non-hydrogen) atoms. The van der Waals surface area contributed by atoms with Crippen LogP contribution in [0.5, 0.6) is 0 Å². The second kappa shape index (κ2) is 4.75. The molecule has 0 saturated heterocycles. The van der Waals surface area contributed by atoms with Crippen LogP contribution in [0.1, 0.15) is 0 Å². The van der Waals surface area contributed by atoms with Gasteiger partial charge in [0.2, 0.25) is 0 Å². The molecule has 0 bridgehead atoms. The molecule has 0 spiro atoms. The molecule has 0 N–H and O–H groups in total. The summed E-state index contributed by atoms with van der Waals surface area (Å²) in [5, 5.41) is 9.87. The smallest absolute Gasteiger partial charge is 0.337 e. The van der Waals surface area contributed by atoms with Crippen molar-refractivity contribution in [1.82, 2.24) is 14.6 Å². The fourth-order valence-corrected chi connectivity index (χ4v) is 3.12. The van der Waals surface area contributed by atoms with Gasteiger partial charge in [0.15, 0.2) is 10.8 Å². The van der Waals surface area contributed by atoms with Crippen LogP contribution < -0.4 is 5.63 Å². The van der Waals surface area contributed by atoms with Gasteiger partial charge in [-0.2, -0.15) is 0 Å². The average Bonchev–Trinajstić information content (AvgIpc) is 2.90. The summed E-state index contributed by atoms with van der Waals surface area (Å²) in [6, 6.07) is 14.6. The average molecular weight is 295 g/mol. The van der Waals surface area contributed by atoms with Crippen LogP contribution in [-0.4, -0.2) is 14.6 Å². The number of benzene rings is 1. The van der Waals surface area contributed by atoms with Crippen LogP contribution in [-0.2, 0) is 0 Å². The summed E-state index contributed by atoms with van der Waals surface area (Å²) >= 11 is 1.40. The molecule has 0 aliphatic carbocycles. The molecule has 0 atom stereocenters. The molecule has 0 saturated carbocycles. The van der Waals surface area contributed by atoms with Crippen molar-refractivity contribution in [3.05, 3.63) is 65.1 Å². The Hall–Kier alpha value is -2.60. The second-order valence-corrected chi connectivity index (χ2v) is 5.45. The SMILES string of the molecule is O=c1cc(Sc2nnc3ccccn23)c2ccccc2o1. The van der Waals surface area contributed by atoms with E-state index in [9.17, 15) is 4.79 Å². The third kappa shape index (κ3) is 2.09. The van der Waals surface area contributed by atoms with Gasteiger partial charge < -0.3 is 4.42 Å². The second-order valence-electron chi connectivity index (χ2n) is 4.44. The quantitative estimate of drug-likeness (QED) is 0.532. The van der Waals surface area contributed by atoms with Crippen molar-refractivity contribution in [3.8, 4) is 0 Å². The van der Waals surface area contributed by atoms with Crippen molar-refractivity contribution in [3.63, 3.8) is 0 Å². The number of pyridine rings is 1. The van der Waals surface area contributed by atoms with Gasteiger partial charge >= 0.3 is 5.63 Å². The van der Waals surface area contributed by atoms with Crippen molar-refractivity contribution in [2.75, 3.05) is 0 Å². The van der Waals surface area contributed by atoms with Crippen LogP contribution in [0, 0.1) is 0 Å². The summed E-state index contributed by atoms with van der Waals surface area (Å²) in [6.07, 6.45) is 1.89.